The molecule has 0 aliphatic heterocycles. The number of carboxylic acid groups (broad SMARTS) is 1. The molecule has 0 aliphatic rings. The molecule has 0 fully saturated rings. The van der Waals surface area contributed by atoms with E-state index in [9.17, 15) is 9.59 Å². The van der Waals surface area contributed by atoms with Gasteiger partial charge in [-0.1, -0.05) is 0 Å². The second-order valence-corrected chi connectivity index (χ2v) is 1.96. The van der Waals surface area contributed by atoms with Crippen LogP contribution in [-0.4, -0.2) is 23.6 Å². The van der Waals surface area contributed by atoms with Gasteiger partial charge in [-0.25, -0.2) is 0 Å². The number of hydrogen-bond acceptors (Lipinski definition) is 5. The van der Waals surface area contributed by atoms with E-state index in [0.717, 1.165) is 0 Å². The molecule has 0 aromatic carbocycles. The Labute approximate surface area is 63.1 Å². The Morgan fingerprint density at radius 1 is 1.55 bits per heavy atom. The highest BCUT2D eigenvalue weighted by Gasteiger charge is 2.19. The number of rotatable bonds is 4. The van der Waals surface area contributed by atoms with Crippen molar-refractivity contribution in [2.75, 3.05) is 6.54 Å². The van der Waals surface area contributed by atoms with Gasteiger partial charge in [0.2, 0.25) is 0 Å². The highest BCUT2D eigenvalue weighted by atomic mass is 16.7. The van der Waals surface area contributed by atoms with E-state index in [4.69, 9.17) is 10.8 Å². The van der Waals surface area contributed by atoms with Crippen LogP contribution in [0.1, 0.15) is 6.42 Å². The minimum atomic E-state index is -1.13. The topological polar surface area (TPSA) is 116 Å². The molecule has 0 saturated carbocycles. The quantitative estimate of drug-likeness (QED) is 0.431. The Balaban J connectivity index is 3.88. The molecule has 0 heterocycles. The second-order valence-electron chi connectivity index (χ2n) is 1.96. The van der Waals surface area contributed by atoms with Crippen LogP contribution < -0.4 is 11.6 Å². The van der Waals surface area contributed by atoms with Gasteiger partial charge in [-0.05, 0) is 0 Å². The van der Waals surface area contributed by atoms with Crippen molar-refractivity contribution in [2.45, 2.75) is 6.42 Å². The third kappa shape index (κ3) is 3.54. The summed E-state index contributed by atoms with van der Waals surface area (Å²) in [6.45, 7) is -0.107. The Bertz CT molecular complexity index is 159. The third-order valence-corrected chi connectivity index (χ3v) is 1.18. The van der Waals surface area contributed by atoms with Gasteiger partial charge in [0.25, 0.3) is 0 Å². The molecule has 0 saturated heterocycles. The van der Waals surface area contributed by atoms with Crippen LogP contribution in [0, 0.1) is 5.92 Å². The van der Waals surface area contributed by atoms with E-state index in [1.54, 1.807) is 0 Å². The van der Waals surface area contributed by atoms with Gasteiger partial charge in [0.1, 0.15) is 0 Å². The fraction of sp³-hybridized carbons (Fsp3) is 0.600. The van der Waals surface area contributed by atoms with Gasteiger partial charge < -0.3 is 15.7 Å². The summed E-state index contributed by atoms with van der Waals surface area (Å²) in [5, 5.41) is 8.39. The molecule has 64 valence electrons. The lowest BCUT2D eigenvalue weighted by atomic mass is 10.1. The molecule has 0 aliphatic carbocycles. The van der Waals surface area contributed by atoms with E-state index in [1.807, 2.05) is 0 Å². The average molecular weight is 162 g/mol. The van der Waals surface area contributed by atoms with E-state index >= 15 is 0 Å². The summed E-state index contributed by atoms with van der Waals surface area (Å²) in [6, 6.07) is 0. The molecule has 6 heteroatoms. The van der Waals surface area contributed by atoms with Crippen molar-refractivity contribution in [1.82, 2.24) is 0 Å². The highest BCUT2D eigenvalue weighted by molar-refractivity contribution is 5.78. The predicted octanol–water partition coefficient (Wildman–Crippen LogP) is -1.55. The fourth-order valence-electron chi connectivity index (χ4n) is 0.521. The molecular formula is C5H10N2O4. The molecule has 0 bridgehead atoms. The zero-order valence-corrected chi connectivity index (χ0v) is 5.82. The van der Waals surface area contributed by atoms with Gasteiger partial charge in [-0.3, -0.25) is 9.59 Å². The molecule has 0 rings (SSSR count). The lowest BCUT2D eigenvalue weighted by Gasteiger charge is -2.05. The van der Waals surface area contributed by atoms with Crippen molar-refractivity contribution in [3.05, 3.63) is 0 Å². The van der Waals surface area contributed by atoms with Gasteiger partial charge in [0.05, 0.1) is 12.3 Å². The zero-order valence-electron chi connectivity index (χ0n) is 5.82. The number of hydrogen-bond donors (Lipinski definition) is 3. The van der Waals surface area contributed by atoms with Gasteiger partial charge in [0, 0.05) is 6.54 Å². The normalized spacial score (nSPS) is 12.2. The highest BCUT2D eigenvalue weighted by Crippen LogP contribution is 2.01. The first-order valence-electron chi connectivity index (χ1n) is 2.94. The van der Waals surface area contributed by atoms with Crippen molar-refractivity contribution in [2.24, 2.45) is 17.5 Å². The summed E-state index contributed by atoms with van der Waals surface area (Å²) in [5.74, 6) is 1.68. The molecule has 1 unspecified atom stereocenters. The lowest BCUT2D eigenvalue weighted by molar-refractivity contribution is -0.151. The van der Waals surface area contributed by atoms with Crippen LogP contribution in [0.15, 0.2) is 0 Å². The summed E-state index contributed by atoms with van der Waals surface area (Å²) in [5.41, 5.74) is 5.05. The molecule has 5 N–H and O–H groups in total. The van der Waals surface area contributed by atoms with Gasteiger partial charge in [0.15, 0.2) is 0 Å². The number of carboxylic acids is 1. The average Bonchev–Trinajstić information content (AvgIpc) is 1.99. The fourth-order valence-corrected chi connectivity index (χ4v) is 0.521. The van der Waals surface area contributed by atoms with Crippen LogP contribution in [0.4, 0.5) is 0 Å². The first kappa shape index (κ1) is 9.86. The Morgan fingerprint density at radius 2 is 2.09 bits per heavy atom. The minimum absolute atomic E-state index is 0.107. The van der Waals surface area contributed by atoms with Crippen LogP contribution in [0.3, 0.4) is 0 Å². The van der Waals surface area contributed by atoms with Crippen molar-refractivity contribution in [1.29, 1.82) is 0 Å². The summed E-state index contributed by atoms with van der Waals surface area (Å²) in [6.07, 6.45) is -0.289. The summed E-state index contributed by atoms with van der Waals surface area (Å²) in [4.78, 5) is 24.4. The van der Waals surface area contributed by atoms with Crippen LogP contribution in [0.2, 0.25) is 0 Å². The number of nitrogens with two attached hydrogens (primary N) is 2. The number of carbonyl (C=O) groups excluding carboxylic acids is 1. The van der Waals surface area contributed by atoms with Crippen molar-refractivity contribution in [3.63, 3.8) is 0 Å². The van der Waals surface area contributed by atoms with E-state index in [2.05, 4.69) is 10.7 Å². The van der Waals surface area contributed by atoms with Crippen LogP contribution in [0.25, 0.3) is 0 Å². The first-order valence-corrected chi connectivity index (χ1v) is 2.94. The van der Waals surface area contributed by atoms with E-state index in [0.29, 0.717) is 0 Å². The van der Waals surface area contributed by atoms with Crippen molar-refractivity contribution in [3.8, 4) is 0 Å². The van der Waals surface area contributed by atoms with Gasteiger partial charge >= 0.3 is 11.9 Å². The van der Waals surface area contributed by atoms with E-state index in [1.165, 1.54) is 0 Å². The maximum Gasteiger partial charge on any atom is 0.325 e. The molecule has 0 amide bonds. The SMILES string of the molecule is NCC(CC(=O)ON)C(=O)O. The number of aliphatic carboxylic acids is 1. The Hall–Kier alpha value is -1.14. The largest absolute Gasteiger partial charge is 0.481 e. The van der Waals surface area contributed by atoms with Crippen LogP contribution in [-0.2, 0) is 14.4 Å². The maximum absolute atomic E-state index is 10.4. The maximum atomic E-state index is 10.4. The summed E-state index contributed by atoms with van der Waals surface area (Å²) in [7, 11) is 0. The Kier molecular flexibility index (Phi) is 4.16. The molecule has 1 atom stereocenters. The smallest absolute Gasteiger partial charge is 0.325 e. The predicted molar refractivity (Wildman–Crippen MR) is 35.1 cm³/mol. The Morgan fingerprint density at radius 3 is 2.36 bits per heavy atom. The standard InChI is InChI=1S/C5H10N2O4/c6-2-3(5(9)10)1-4(8)11-7/h3H,1-2,6-7H2,(H,9,10). The van der Waals surface area contributed by atoms with Crippen LogP contribution >= 0.6 is 0 Å². The minimum Gasteiger partial charge on any atom is -0.481 e. The molecule has 0 aromatic heterocycles. The number of carbonyl (C=O) groups is 2. The molecule has 0 spiro atoms. The molecule has 0 aromatic rings. The zero-order chi connectivity index (χ0) is 8.85. The van der Waals surface area contributed by atoms with Crippen LogP contribution in [0.5, 0.6) is 0 Å². The third-order valence-electron chi connectivity index (χ3n) is 1.18. The van der Waals surface area contributed by atoms with Gasteiger partial charge in [-0.2, -0.15) is 5.90 Å². The molecular weight excluding hydrogens is 152 g/mol. The van der Waals surface area contributed by atoms with Crippen molar-refractivity contribution < 1.29 is 19.5 Å². The monoisotopic (exact) mass is 162 g/mol. The van der Waals surface area contributed by atoms with Crippen molar-refractivity contribution >= 4 is 11.9 Å². The van der Waals surface area contributed by atoms with Gasteiger partial charge in [-0.15, -0.1) is 0 Å². The molecule has 11 heavy (non-hydrogen) atoms. The molecule has 6 nitrogen and oxygen atoms in total. The first-order chi connectivity index (χ1) is 5.11. The lowest BCUT2D eigenvalue weighted by Crippen LogP contribution is -2.27. The summed E-state index contributed by atoms with van der Waals surface area (Å²) < 4.78 is 0. The van der Waals surface area contributed by atoms with E-state index in [-0.39, 0.29) is 13.0 Å². The second kappa shape index (κ2) is 4.64. The molecule has 0 radical (unpaired) electrons. The van der Waals surface area contributed by atoms with E-state index < -0.39 is 17.9 Å². The summed E-state index contributed by atoms with van der Waals surface area (Å²) >= 11 is 0.